The fraction of sp³-hybridized carbons (Fsp3) is 0.773. The van der Waals surface area contributed by atoms with Crippen LogP contribution in [0, 0.1) is 17.8 Å². The van der Waals surface area contributed by atoms with Crippen LogP contribution >= 0.6 is 11.6 Å². The molecule has 0 radical (unpaired) electrons. The number of alkyl halides is 1. The highest BCUT2D eigenvalue weighted by Gasteiger charge is 2.32. The Morgan fingerprint density at radius 3 is 2.55 bits per heavy atom. The SMILES string of the molecule is CC1C=C(CCN[C@@H](C(=O)N2CCC(C3C=CC(Cl)CC3)CC2)C(C)C)ON1.O. The Balaban J connectivity index is 0.00000300. The van der Waals surface area contributed by atoms with Crippen LogP contribution in [0.5, 0.6) is 0 Å². The van der Waals surface area contributed by atoms with E-state index >= 15 is 0 Å². The molecular formula is C22H38ClN3O3. The number of piperidine rings is 1. The Labute approximate surface area is 180 Å². The van der Waals surface area contributed by atoms with Crippen molar-refractivity contribution in [2.24, 2.45) is 17.8 Å². The third-order valence-electron chi connectivity index (χ3n) is 6.28. The summed E-state index contributed by atoms with van der Waals surface area (Å²) < 4.78 is 0. The Hall–Kier alpha value is -1.08. The lowest BCUT2D eigenvalue weighted by molar-refractivity contribution is -0.136. The highest BCUT2D eigenvalue weighted by Crippen LogP contribution is 2.33. The summed E-state index contributed by atoms with van der Waals surface area (Å²) in [4.78, 5) is 20.6. The van der Waals surface area contributed by atoms with Gasteiger partial charge in [-0.05, 0) is 56.4 Å². The lowest BCUT2D eigenvalue weighted by Gasteiger charge is -2.38. The summed E-state index contributed by atoms with van der Waals surface area (Å²) in [7, 11) is 0. The third-order valence-corrected chi connectivity index (χ3v) is 6.64. The minimum absolute atomic E-state index is 0. The molecule has 0 bridgehead atoms. The first-order valence-corrected chi connectivity index (χ1v) is 11.3. The Morgan fingerprint density at radius 1 is 1.28 bits per heavy atom. The number of nitrogens with zero attached hydrogens (tertiary/aromatic N) is 1. The third kappa shape index (κ3) is 6.71. The van der Waals surface area contributed by atoms with Crippen molar-refractivity contribution in [2.45, 2.75) is 70.3 Å². The first-order valence-electron chi connectivity index (χ1n) is 10.9. The predicted octanol–water partition coefficient (Wildman–Crippen LogP) is 2.79. The van der Waals surface area contributed by atoms with E-state index in [1.165, 1.54) is 6.42 Å². The van der Waals surface area contributed by atoms with Crippen molar-refractivity contribution in [1.29, 1.82) is 0 Å². The monoisotopic (exact) mass is 427 g/mol. The average molecular weight is 428 g/mol. The van der Waals surface area contributed by atoms with Gasteiger partial charge in [0, 0.05) is 26.1 Å². The molecule has 166 valence electrons. The second-order valence-electron chi connectivity index (χ2n) is 8.87. The average Bonchev–Trinajstić information content (AvgIpc) is 3.10. The number of hydroxylamine groups is 1. The molecule has 3 unspecified atom stereocenters. The van der Waals surface area contributed by atoms with Gasteiger partial charge in [-0.25, -0.2) is 0 Å². The van der Waals surface area contributed by atoms with Crippen molar-refractivity contribution in [1.82, 2.24) is 15.7 Å². The predicted molar refractivity (Wildman–Crippen MR) is 117 cm³/mol. The molecule has 0 saturated carbocycles. The number of allylic oxidation sites excluding steroid dienone is 2. The molecule has 1 fully saturated rings. The molecule has 7 heteroatoms. The number of likely N-dealkylation sites (tertiary alicyclic amines) is 1. The van der Waals surface area contributed by atoms with Gasteiger partial charge in [0.25, 0.3) is 0 Å². The van der Waals surface area contributed by atoms with Gasteiger partial charge in [-0.1, -0.05) is 26.0 Å². The summed E-state index contributed by atoms with van der Waals surface area (Å²) in [5.74, 6) is 2.80. The highest BCUT2D eigenvalue weighted by atomic mass is 35.5. The van der Waals surface area contributed by atoms with Gasteiger partial charge >= 0.3 is 0 Å². The van der Waals surface area contributed by atoms with E-state index in [1.807, 2.05) is 0 Å². The lowest BCUT2D eigenvalue weighted by atomic mass is 9.79. The number of rotatable bonds is 7. The van der Waals surface area contributed by atoms with E-state index in [2.05, 4.69) is 54.7 Å². The zero-order valence-corrected chi connectivity index (χ0v) is 18.8. The van der Waals surface area contributed by atoms with Gasteiger partial charge < -0.3 is 20.5 Å². The van der Waals surface area contributed by atoms with Gasteiger partial charge in [0.15, 0.2) is 0 Å². The molecule has 0 aromatic heterocycles. The van der Waals surface area contributed by atoms with Crippen LogP contribution in [0.25, 0.3) is 0 Å². The molecule has 2 aliphatic heterocycles. The zero-order chi connectivity index (χ0) is 20.1. The number of hydrogen-bond acceptors (Lipinski definition) is 4. The van der Waals surface area contributed by atoms with Gasteiger partial charge in [0.05, 0.1) is 17.5 Å². The number of hydrogen-bond donors (Lipinski definition) is 2. The normalized spacial score (nSPS) is 28.7. The lowest BCUT2D eigenvalue weighted by Crippen LogP contribution is -2.52. The molecule has 1 amide bonds. The second-order valence-corrected chi connectivity index (χ2v) is 9.43. The molecule has 0 aromatic rings. The summed E-state index contributed by atoms with van der Waals surface area (Å²) in [5.41, 5.74) is 2.93. The van der Waals surface area contributed by atoms with E-state index in [4.69, 9.17) is 16.4 Å². The van der Waals surface area contributed by atoms with Gasteiger partial charge in [0.1, 0.15) is 5.76 Å². The van der Waals surface area contributed by atoms with Gasteiger partial charge in [-0.3, -0.25) is 4.79 Å². The Bertz CT molecular complexity index is 588. The maximum atomic E-state index is 13.1. The number of nitrogens with one attached hydrogen (secondary N) is 2. The Kier molecular flexibility index (Phi) is 9.47. The summed E-state index contributed by atoms with van der Waals surface area (Å²) >= 11 is 6.18. The van der Waals surface area contributed by atoms with Gasteiger partial charge in [-0.15, -0.1) is 11.6 Å². The van der Waals surface area contributed by atoms with Crippen molar-refractivity contribution in [3.8, 4) is 0 Å². The quantitative estimate of drug-likeness (QED) is 0.483. The summed E-state index contributed by atoms with van der Waals surface area (Å²) in [5, 5.41) is 3.68. The van der Waals surface area contributed by atoms with Crippen molar-refractivity contribution in [2.75, 3.05) is 19.6 Å². The number of carbonyl (C=O) groups excluding carboxylic acids is 1. The van der Waals surface area contributed by atoms with Crippen LogP contribution in [-0.2, 0) is 9.63 Å². The van der Waals surface area contributed by atoms with Crippen molar-refractivity contribution >= 4 is 17.5 Å². The topological polar surface area (TPSA) is 85.1 Å². The first-order chi connectivity index (χ1) is 13.4. The molecule has 0 spiro atoms. The fourth-order valence-electron chi connectivity index (χ4n) is 4.55. The van der Waals surface area contributed by atoms with E-state index in [0.717, 1.165) is 51.1 Å². The number of amides is 1. The summed E-state index contributed by atoms with van der Waals surface area (Å²) in [6.45, 7) is 8.79. The van der Waals surface area contributed by atoms with Gasteiger partial charge in [0.2, 0.25) is 5.91 Å². The van der Waals surface area contributed by atoms with E-state index < -0.39 is 0 Å². The van der Waals surface area contributed by atoms with E-state index in [1.54, 1.807) is 0 Å². The maximum absolute atomic E-state index is 13.1. The van der Waals surface area contributed by atoms with Crippen molar-refractivity contribution in [3.05, 3.63) is 24.0 Å². The van der Waals surface area contributed by atoms with E-state index in [0.29, 0.717) is 11.8 Å². The molecule has 4 atom stereocenters. The molecule has 3 rings (SSSR count). The number of halogens is 1. The summed E-state index contributed by atoms with van der Waals surface area (Å²) in [6.07, 6.45) is 11.8. The molecule has 29 heavy (non-hydrogen) atoms. The maximum Gasteiger partial charge on any atom is 0.239 e. The smallest absolute Gasteiger partial charge is 0.239 e. The molecule has 1 aliphatic carbocycles. The largest absolute Gasteiger partial charge is 0.413 e. The van der Waals surface area contributed by atoms with Crippen LogP contribution in [0.3, 0.4) is 0 Å². The second kappa shape index (κ2) is 11.3. The van der Waals surface area contributed by atoms with Crippen molar-refractivity contribution < 1.29 is 15.1 Å². The van der Waals surface area contributed by atoms with Crippen LogP contribution in [0.15, 0.2) is 24.0 Å². The van der Waals surface area contributed by atoms with Crippen LogP contribution in [0.4, 0.5) is 0 Å². The first kappa shape index (κ1) is 24.2. The van der Waals surface area contributed by atoms with Gasteiger partial charge in [-0.2, -0.15) is 5.48 Å². The van der Waals surface area contributed by atoms with E-state index in [9.17, 15) is 4.79 Å². The van der Waals surface area contributed by atoms with E-state index in [-0.39, 0.29) is 34.8 Å². The molecule has 1 saturated heterocycles. The van der Waals surface area contributed by atoms with Crippen LogP contribution in [0.2, 0.25) is 0 Å². The molecule has 2 heterocycles. The highest BCUT2D eigenvalue weighted by molar-refractivity contribution is 6.21. The van der Waals surface area contributed by atoms with Crippen LogP contribution < -0.4 is 10.8 Å². The molecule has 3 aliphatic rings. The van der Waals surface area contributed by atoms with Crippen LogP contribution in [0.1, 0.15) is 52.9 Å². The molecule has 6 nitrogen and oxygen atoms in total. The zero-order valence-electron chi connectivity index (χ0n) is 18.0. The number of carbonyl (C=O) groups is 1. The van der Waals surface area contributed by atoms with Crippen LogP contribution in [-0.4, -0.2) is 53.4 Å². The summed E-state index contributed by atoms with van der Waals surface area (Å²) in [6, 6.07) is 0.128. The standard InChI is InChI=1S/C22H36ClN3O2.H2O/c1-15(2)21(24-11-8-20-14-16(3)25-28-20)22(27)26-12-9-18(10-13-26)17-4-6-19(23)7-5-17;/h4,6,14-19,21,24-25H,5,7-13H2,1-3H3;1H2/t16?,17?,19?,21-;/m1./s1. The Morgan fingerprint density at radius 2 is 2.00 bits per heavy atom. The molecule has 0 aromatic carbocycles. The molecule has 4 N–H and O–H groups in total. The van der Waals surface area contributed by atoms with Crippen molar-refractivity contribution in [3.63, 3.8) is 0 Å². The molecular weight excluding hydrogens is 390 g/mol. The minimum Gasteiger partial charge on any atom is -0.413 e. The fourth-order valence-corrected chi connectivity index (χ4v) is 4.76. The minimum atomic E-state index is -0.129.